The van der Waals surface area contributed by atoms with Crippen LogP contribution >= 0.6 is 0 Å². The maximum absolute atomic E-state index is 10.9. The van der Waals surface area contributed by atoms with Crippen LogP contribution in [0.25, 0.3) is 0 Å². The van der Waals surface area contributed by atoms with Gasteiger partial charge in [-0.1, -0.05) is 64.2 Å². The summed E-state index contributed by atoms with van der Waals surface area (Å²) in [6.07, 6.45) is 12.9. The molecule has 0 aliphatic carbocycles. The fourth-order valence-electron chi connectivity index (χ4n) is 2.66. The Morgan fingerprint density at radius 1 is 0.920 bits per heavy atom. The highest BCUT2D eigenvalue weighted by atomic mass is 16.5. The number of carbonyl (C=O) groups is 1. The largest absolute Gasteiger partial charge is 0.494 e. The van der Waals surface area contributed by atoms with E-state index in [1.807, 2.05) is 0 Å². The molecule has 0 saturated heterocycles. The summed E-state index contributed by atoms with van der Waals surface area (Å²) in [5, 5.41) is 0. The predicted molar refractivity (Wildman–Crippen MR) is 104 cm³/mol. The number of unbranched alkanes of at least 4 members (excludes halogenated alkanes) is 7. The van der Waals surface area contributed by atoms with Crippen LogP contribution in [0.1, 0.15) is 70.3 Å². The number of rotatable bonds is 15. The monoisotopic (exact) mass is 346 g/mol. The Bertz CT molecular complexity index is 465. The summed E-state index contributed by atoms with van der Waals surface area (Å²) in [4.78, 5) is 10.9. The SMILES string of the molecule is C=CC(=O)OCCCCCCCCOc1ccc(CCCCC)cc1. The summed E-state index contributed by atoms with van der Waals surface area (Å²) in [5.41, 5.74) is 1.40. The molecule has 0 N–H and O–H groups in total. The fourth-order valence-corrected chi connectivity index (χ4v) is 2.66. The van der Waals surface area contributed by atoms with E-state index >= 15 is 0 Å². The molecule has 1 rings (SSSR count). The van der Waals surface area contributed by atoms with Crippen molar-refractivity contribution in [3.8, 4) is 5.75 Å². The lowest BCUT2D eigenvalue weighted by molar-refractivity contribution is -0.137. The average Bonchev–Trinajstić information content (AvgIpc) is 2.64. The van der Waals surface area contributed by atoms with Gasteiger partial charge in [0.15, 0.2) is 0 Å². The van der Waals surface area contributed by atoms with Gasteiger partial charge in [-0.2, -0.15) is 0 Å². The van der Waals surface area contributed by atoms with Gasteiger partial charge in [-0.3, -0.25) is 0 Å². The molecule has 0 saturated carbocycles. The molecule has 3 heteroatoms. The zero-order chi connectivity index (χ0) is 18.2. The van der Waals surface area contributed by atoms with Crippen LogP contribution in [0.2, 0.25) is 0 Å². The van der Waals surface area contributed by atoms with Crippen molar-refractivity contribution in [3.05, 3.63) is 42.5 Å². The minimum atomic E-state index is -0.328. The summed E-state index contributed by atoms with van der Waals surface area (Å²) >= 11 is 0. The first kappa shape index (κ1) is 21.3. The van der Waals surface area contributed by atoms with Crippen molar-refractivity contribution in [1.82, 2.24) is 0 Å². The first-order chi connectivity index (χ1) is 12.3. The van der Waals surface area contributed by atoms with Crippen molar-refractivity contribution >= 4 is 5.97 Å². The third-order valence-corrected chi connectivity index (χ3v) is 4.21. The molecule has 0 bridgehead atoms. The van der Waals surface area contributed by atoms with Gasteiger partial charge in [-0.15, -0.1) is 0 Å². The van der Waals surface area contributed by atoms with Crippen LogP contribution in [0.15, 0.2) is 36.9 Å². The molecule has 0 heterocycles. The highest BCUT2D eigenvalue weighted by Crippen LogP contribution is 2.15. The van der Waals surface area contributed by atoms with E-state index in [0.29, 0.717) is 6.61 Å². The standard InChI is InChI=1S/C22H34O3/c1-3-5-10-13-20-14-16-21(17-15-20)24-18-11-8-6-7-9-12-19-25-22(23)4-2/h4,14-17H,2-3,5-13,18-19H2,1H3. The van der Waals surface area contributed by atoms with Crippen LogP contribution in [0, 0.1) is 0 Å². The molecular formula is C22H34O3. The van der Waals surface area contributed by atoms with E-state index < -0.39 is 0 Å². The van der Waals surface area contributed by atoms with Gasteiger partial charge in [0.2, 0.25) is 0 Å². The van der Waals surface area contributed by atoms with Crippen LogP contribution in [0.5, 0.6) is 5.75 Å². The average molecular weight is 347 g/mol. The van der Waals surface area contributed by atoms with Gasteiger partial charge in [0, 0.05) is 6.08 Å². The molecule has 140 valence electrons. The van der Waals surface area contributed by atoms with Gasteiger partial charge < -0.3 is 9.47 Å². The Hall–Kier alpha value is -1.77. The molecule has 0 fully saturated rings. The second-order valence-electron chi connectivity index (χ2n) is 6.44. The van der Waals surface area contributed by atoms with Gasteiger partial charge in [0.05, 0.1) is 13.2 Å². The Morgan fingerprint density at radius 3 is 2.20 bits per heavy atom. The molecule has 25 heavy (non-hydrogen) atoms. The third kappa shape index (κ3) is 11.4. The maximum atomic E-state index is 10.9. The lowest BCUT2D eigenvalue weighted by Gasteiger charge is -2.07. The van der Waals surface area contributed by atoms with Gasteiger partial charge in [-0.05, 0) is 43.4 Å². The summed E-state index contributed by atoms with van der Waals surface area (Å²) in [5.74, 6) is 0.648. The second kappa shape index (κ2) is 14.6. The first-order valence-corrected chi connectivity index (χ1v) is 9.77. The molecule has 0 amide bonds. The van der Waals surface area contributed by atoms with Gasteiger partial charge in [0.1, 0.15) is 5.75 Å². The minimum Gasteiger partial charge on any atom is -0.494 e. The molecule has 0 aliphatic heterocycles. The number of hydrogen-bond donors (Lipinski definition) is 0. The van der Waals surface area contributed by atoms with Crippen molar-refractivity contribution in [2.75, 3.05) is 13.2 Å². The van der Waals surface area contributed by atoms with Crippen molar-refractivity contribution < 1.29 is 14.3 Å². The van der Waals surface area contributed by atoms with Crippen LogP contribution in [0.3, 0.4) is 0 Å². The number of ether oxygens (including phenoxy) is 2. The summed E-state index contributed by atoms with van der Waals surface area (Å²) in [6.45, 7) is 6.89. The summed E-state index contributed by atoms with van der Waals surface area (Å²) in [7, 11) is 0. The molecular weight excluding hydrogens is 312 g/mol. The normalized spacial score (nSPS) is 10.4. The maximum Gasteiger partial charge on any atom is 0.330 e. The first-order valence-electron chi connectivity index (χ1n) is 9.77. The molecule has 0 unspecified atom stereocenters. The Morgan fingerprint density at radius 2 is 1.56 bits per heavy atom. The molecule has 1 aromatic carbocycles. The van der Waals surface area contributed by atoms with E-state index in [2.05, 4.69) is 37.8 Å². The highest BCUT2D eigenvalue weighted by molar-refractivity contribution is 5.81. The van der Waals surface area contributed by atoms with Crippen molar-refractivity contribution in [2.45, 2.75) is 71.1 Å². The Labute approximate surface area is 153 Å². The van der Waals surface area contributed by atoms with Crippen LogP contribution < -0.4 is 4.74 Å². The van der Waals surface area contributed by atoms with Crippen molar-refractivity contribution in [1.29, 1.82) is 0 Å². The third-order valence-electron chi connectivity index (χ3n) is 4.21. The van der Waals surface area contributed by atoms with Crippen LogP contribution in [-0.2, 0) is 16.0 Å². The number of aryl methyl sites for hydroxylation is 1. The predicted octanol–water partition coefficient (Wildman–Crippen LogP) is 5.87. The molecule has 0 spiro atoms. The molecule has 0 radical (unpaired) electrons. The lowest BCUT2D eigenvalue weighted by atomic mass is 10.1. The zero-order valence-corrected chi connectivity index (χ0v) is 15.8. The number of hydrogen-bond acceptors (Lipinski definition) is 3. The van der Waals surface area contributed by atoms with Gasteiger partial charge in [-0.25, -0.2) is 4.79 Å². The van der Waals surface area contributed by atoms with Crippen molar-refractivity contribution in [3.63, 3.8) is 0 Å². The lowest BCUT2D eigenvalue weighted by Crippen LogP contribution is -2.01. The second-order valence-corrected chi connectivity index (χ2v) is 6.44. The molecule has 1 aromatic rings. The van der Waals surface area contributed by atoms with E-state index in [4.69, 9.17) is 9.47 Å². The minimum absolute atomic E-state index is 0.328. The van der Waals surface area contributed by atoms with E-state index in [0.717, 1.165) is 31.6 Å². The summed E-state index contributed by atoms with van der Waals surface area (Å²) < 4.78 is 10.7. The topological polar surface area (TPSA) is 35.5 Å². The smallest absolute Gasteiger partial charge is 0.330 e. The summed E-state index contributed by atoms with van der Waals surface area (Å²) in [6, 6.07) is 8.55. The molecule has 3 nitrogen and oxygen atoms in total. The number of benzene rings is 1. The van der Waals surface area contributed by atoms with Gasteiger partial charge in [0.25, 0.3) is 0 Å². The molecule has 0 aliphatic rings. The molecule has 0 atom stereocenters. The van der Waals surface area contributed by atoms with Crippen LogP contribution in [-0.4, -0.2) is 19.2 Å². The highest BCUT2D eigenvalue weighted by Gasteiger charge is 1.98. The Balaban J connectivity index is 1.95. The van der Waals surface area contributed by atoms with E-state index in [9.17, 15) is 4.79 Å². The quantitative estimate of drug-likeness (QED) is 0.226. The molecule has 0 aromatic heterocycles. The van der Waals surface area contributed by atoms with E-state index in [1.165, 1.54) is 56.6 Å². The van der Waals surface area contributed by atoms with E-state index in [-0.39, 0.29) is 5.97 Å². The zero-order valence-electron chi connectivity index (χ0n) is 15.8. The van der Waals surface area contributed by atoms with Crippen molar-refractivity contribution in [2.24, 2.45) is 0 Å². The number of carbonyl (C=O) groups excluding carboxylic acids is 1. The Kier molecular flexibility index (Phi) is 12.4. The number of esters is 1. The van der Waals surface area contributed by atoms with Crippen LogP contribution in [0.4, 0.5) is 0 Å². The van der Waals surface area contributed by atoms with E-state index in [1.54, 1.807) is 0 Å². The fraction of sp³-hybridized carbons (Fsp3) is 0.591. The van der Waals surface area contributed by atoms with Gasteiger partial charge >= 0.3 is 5.97 Å².